The molecule has 0 unspecified atom stereocenters. The standard InChI is InChI=1S/C11H17N7O/c1-4-5-18-8(6-13-17-18)9-14-10(12)16-11(15-9)19-7(2)3/h6-7H,4-5H2,1-3H3,(H2,12,14,15,16). The Morgan fingerprint density at radius 2 is 2.11 bits per heavy atom. The zero-order valence-corrected chi connectivity index (χ0v) is 11.2. The van der Waals surface area contributed by atoms with Gasteiger partial charge in [0.2, 0.25) is 5.95 Å². The number of nitrogens with zero attached hydrogens (tertiary/aromatic N) is 6. The van der Waals surface area contributed by atoms with E-state index in [0.29, 0.717) is 11.5 Å². The summed E-state index contributed by atoms with van der Waals surface area (Å²) in [4.78, 5) is 12.3. The third-order valence-electron chi connectivity index (χ3n) is 2.26. The maximum atomic E-state index is 5.67. The minimum Gasteiger partial charge on any atom is -0.461 e. The molecule has 2 rings (SSSR count). The normalized spacial score (nSPS) is 10.9. The average Bonchev–Trinajstić information content (AvgIpc) is 2.76. The molecule has 0 radical (unpaired) electrons. The fourth-order valence-corrected chi connectivity index (χ4v) is 1.56. The number of hydrogen-bond donors (Lipinski definition) is 1. The Bertz CT molecular complexity index is 552. The number of aromatic nitrogens is 6. The van der Waals surface area contributed by atoms with Gasteiger partial charge in [0.25, 0.3) is 0 Å². The monoisotopic (exact) mass is 263 g/mol. The molecule has 0 spiro atoms. The lowest BCUT2D eigenvalue weighted by Gasteiger charge is -2.09. The maximum absolute atomic E-state index is 5.67. The molecule has 0 amide bonds. The van der Waals surface area contributed by atoms with Crippen LogP contribution in [0.4, 0.5) is 5.95 Å². The summed E-state index contributed by atoms with van der Waals surface area (Å²) < 4.78 is 7.17. The summed E-state index contributed by atoms with van der Waals surface area (Å²) >= 11 is 0. The maximum Gasteiger partial charge on any atom is 0.322 e. The molecule has 2 N–H and O–H groups in total. The molecule has 0 aliphatic heterocycles. The first kappa shape index (κ1) is 13.2. The van der Waals surface area contributed by atoms with Crippen molar-refractivity contribution in [2.24, 2.45) is 0 Å². The first-order valence-electron chi connectivity index (χ1n) is 6.17. The topological polar surface area (TPSA) is 105 Å². The predicted molar refractivity (Wildman–Crippen MR) is 69.3 cm³/mol. The second-order valence-corrected chi connectivity index (χ2v) is 4.31. The number of rotatable bonds is 5. The molecule has 0 aromatic carbocycles. The van der Waals surface area contributed by atoms with E-state index in [2.05, 4.69) is 32.2 Å². The van der Waals surface area contributed by atoms with Crippen LogP contribution >= 0.6 is 0 Å². The minimum atomic E-state index is -0.0340. The Kier molecular flexibility index (Phi) is 3.88. The van der Waals surface area contributed by atoms with Gasteiger partial charge >= 0.3 is 6.01 Å². The molecule has 0 aliphatic carbocycles. The average molecular weight is 263 g/mol. The summed E-state index contributed by atoms with van der Waals surface area (Å²) in [6, 6.07) is 0.210. The third-order valence-corrected chi connectivity index (χ3v) is 2.26. The van der Waals surface area contributed by atoms with E-state index < -0.39 is 0 Å². The molecule has 2 aromatic rings. The van der Waals surface area contributed by atoms with Crippen LogP contribution in [0.3, 0.4) is 0 Å². The first-order chi connectivity index (χ1) is 9.10. The van der Waals surface area contributed by atoms with Crippen molar-refractivity contribution >= 4 is 5.95 Å². The lowest BCUT2D eigenvalue weighted by molar-refractivity contribution is 0.222. The molecule has 0 atom stereocenters. The lowest BCUT2D eigenvalue weighted by Crippen LogP contribution is -2.12. The molecule has 0 bridgehead atoms. The SMILES string of the molecule is CCCn1nncc1-c1nc(N)nc(OC(C)C)n1. The second kappa shape index (κ2) is 5.59. The quantitative estimate of drug-likeness (QED) is 0.854. The van der Waals surface area contributed by atoms with Gasteiger partial charge in [-0.05, 0) is 20.3 Å². The summed E-state index contributed by atoms with van der Waals surface area (Å²) in [5.41, 5.74) is 6.37. The van der Waals surface area contributed by atoms with Crippen molar-refractivity contribution in [2.45, 2.75) is 39.8 Å². The summed E-state index contributed by atoms with van der Waals surface area (Å²) in [5.74, 6) is 0.534. The van der Waals surface area contributed by atoms with E-state index >= 15 is 0 Å². The van der Waals surface area contributed by atoms with E-state index in [4.69, 9.17) is 10.5 Å². The van der Waals surface area contributed by atoms with E-state index in [0.717, 1.165) is 13.0 Å². The van der Waals surface area contributed by atoms with Crippen LogP contribution in [-0.4, -0.2) is 36.0 Å². The molecule has 0 aliphatic rings. The summed E-state index contributed by atoms with van der Waals surface area (Å²) in [7, 11) is 0. The van der Waals surface area contributed by atoms with Crippen LogP contribution in [-0.2, 0) is 6.54 Å². The number of anilines is 1. The third kappa shape index (κ3) is 3.15. The smallest absolute Gasteiger partial charge is 0.322 e. The molecular weight excluding hydrogens is 246 g/mol. The number of hydrogen-bond acceptors (Lipinski definition) is 7. The Morgan fingerprint density at radius 1 is 1.32 bits per heavy atom. The molecule has 2 aromatic heterocycles. The molecule has 0 saturated carbocycles. The molecule has 8 nitrogen and oxygen atoms in total. The van der Waals surface area contributed by atoms with Gasteiger partial charge in [0, 0.05) is 6.54 Å². The van der Waals surface area contributed by atoms with Crippen molar-refractivity contribution in [3.8, 4) is 17.5 Å². The Hall–Kier alpha value is -2.25. The van der Waals surface area contributed by atoms with Crippen LogP contribution in [0.1, 0.15) is 27.2 Å². The van der Waals surface area contributed by atoms with Crippen LogP contribution < -0.4 is 10.5 Å². The van der Waals surface area contributed by atoms with Crippen LogP contribution in [0.15, 0.2) is 6.20 Å². The van der Waals surface area contributed by atoms with Crippen molar-refractivity contribution in [1.29, 1.82) is 0 Å². The van der Waals surface area contributed by atoms with Crippen LogP contribution in [0, 0.1) is 0 Å². The fraction of sp³-hybridized carbons (Fsp3) is 0.545. The molecule has 0 saturated heterocycles. The van der Waals surface area contributed by atoms with Crippen molar-refractivity contribution in [3.05, 3.63) is 6.20 Å². The van der Waals surface area contributed by atoms with Gasteiger partial charge in [0.15, 0.2) is 5.82 Å². The highest BCUT2D eigenvalue weighted by atomic mass is 16.5. The van der Waals surface area contributed by atoms with Crippen molar-refractivity contribution in [1.82, 2.24) is 29.9 Å². The minimum absolute atomic E-state index is 0.0340. The zero-order valence-electron chi connectivity index (χ0n) is 11.2. The summed E-state index contributed by atoms with van der Waals surface area (Å²) in [5, 5.41) is 7.86. The van der Waals surface area contributed by atoms with E-state index in [9.17, 15) is 0 Å². The van der Waals surface area contributed by atoms with Gasteiger partial charge in [0.1, 0.15) is 5.69 Å². The number of nitrogen functional groups attached to an aromatic ring is 1. The lowest BCUT2D eigenvalue weighted by atomic mass is 10.4. The number of nitrogens with two attached hydrogens (primary N) is 1. The van der Waals surface area contributed by atoms with Gasteiger partial charge in [-0.15, -0.1) is 5.10 Å². The van der Waals surface area contributed by atoms with Gasteiger partial charge in [-0.3, -0.25) is 0 Å². The number of aryl methyl sites for hydroxylation is 1. The van der Waals surface area contributed by atoms with E-state index in [1.807, 2.05) is 13.8 Å². The highest BCUT2D eigenvalue weighted by molar-refractivity contribution is 5.49. The highest BCUT2D eigenvalue weighted by Crippen LogP contribution is 2.17. The fourth-order valence-electron chi connectivity index (χ4n) is 1.56. The molecular formula is C11H17N7O. The van der Waals surface area contributed by atoms with E-state index in [1.54, 1.807) is 10.9 Å². The van der Waals surface area contributed by atoms with E-state index in [1.165, 1.54) is 0 Å². The van der Waals surface area contributed by atoms with Gasteiger partial charge in [0.05, 0.1) is 12.3 Å². The molecule has 19 heavy (non-hydrogen) atoms. The van der Waals surface area contributed by atoms with Crippen molar-refractivity contribution in [3.63, 3.8) is 0 Å². The highest BCUT2D eigenvalue weighted by Gasteiger charge is 2.13. The number of ether oxygens (including phenoxy) is 1. The first-order valence-corrected chi connectivity index (χ1v) is 6.17. The second-order valence-electron chi connectivity index (χ2n) is 4.31. The molecule has 8 heteroatoms. The van der Waals surface area contributed by atoms with Gasteiger partial charge in [-0.1, -0.05) is 12.1 Å². The van der Waals surface area contributed by atoms with Gasteiger partial charge < -0.3 is 10.5 Å². The van der Waals surface area contributed by atoms with Crippen LogP contribution in [0.25, 0.3) is 11.5 Å². The molecule has 102 valence electrons. The molecule has 2 heterocycles. The molecule has 0 fully saturated rings. The largest absolute Gasteiger partial charge is 0.461 e. The van der Waals surface area contributed by atoms with Crippen molar-refractivity contribution in [2.75, 3.05) is 5.73 Å². The van der Waals surface area contributed by atoms with Gasteiger partial charge in [-0.25, -0.2) is 4.68 Å². The summed E-state index contributed by atoms with van der Waals surface area (Å²) in [6.45, 7) is 6.58. The van der Waals surface area contributed by atoms with Crippen LogP contribution in [0.2, 0.25) is 0 Å². The predicted octanol–water partition coefficient (Wildman–Crippen LogP) is 0.909. The van der Waals surface area contributed by atoms with E-state index in [-0.39, 0.29) is 18.1 Å². The van der Waals surface area contributed by atoms with Crippen LogP contribution in [0.5, 0.6) is 6.01 Å². The van der Waals surface area contributed by atoms with Gasteiger partial charge in [-0.2, -0.15) is 15.0 Å². The van der Waals surface area contributed by atoms with Crippen molar-refractivity contribution < 1.29 is 4.74 Å². The Labute approximate surface area is 111 Å². The Morgan fingerprint density at radius 3 is 2.79 bits per heavy atom. The Balaban J connectivity index is 2.38. The zero-order chi connectivity index (χ0) is 13.8. The summed E-state index contributed by atoms with van der Waals surface area (Å²) in [6.07, 6.45) is 2.50.